The Kier molecular flexibility index (Phi) is 7.30. The number of benzene rings is 3. The molecular weight excluding hydrogens is 494 g/mol. The topological polar surface area (TPSA) is 50.9 Å². The molecule has 4 aromatic rings. The molecule has 4 rings (SSSR count). The lowest BCUT2D eigenvalue weighted by molar-refractivity contribution is -0.137. The zero-order valence-electron chi connectivity index (χ0n) is 22.3. The van der Waals surface area contributed by atoms with Gasteiger partial charge in [0, 0.05) is 11.0 Å². The molecule has 4 nitrogen and oxygen atoms in total. The molecule has 0 aliphatic heterocycles. The Hall–Kier alpha value is -3.42. The fraction of sp³-hybridized carbons (Fsp3) is 0.400. The van der Waals surface area contributed by atoms with Gasteiger partial charge in [0.1, 0.15) is 28.3 Å². The molecule has 8 heteroatoms. The number of phenolic OH excluding ortho intramolecular Hbond substituents is 1. The van der Waals surface area contributed by atoms with E-state index in [0.29, 0.717) is 5.56 Å². The van der Waals surface area contributed by atoms with Crippen LogP contribution in [0.1, 0.15) is 82.6 Å². The third kappa shape index (κ3) is 5.26. The van der Waals surface area contributed by atoms with Gasteiger partial charge in [-0.1, -0.05) is 72.1 Å². The molecule has 1 heterocycles. The van der Waals surface area contributed by atoms with Gasteiger partial charge < -0.3 is 5.11 Å². The predicted octanol–water partition coefficient (Wildman–Crippen LogP) is 8.47. The van der Waals surface area contributed by atoms with Gasteiger partial charge in [-0.25, -0.2) is 4.39 Å². The third-order valence-corrected chi connectivity index (χ3v) is 7.41. The van der Waals surface area contributed by atoms with E-state index in [9.17, 15) is 22.7 Å². The molecule has 0 amide bonds. The number of unbranched alkanes of at least 4 members (excludes halogenated alkanes) is 2. The monoisotopic (exact) mass is 527 g/mol. The number of hydrogen-bond donors (Lipinski definition) is 1. The minimum atomic E-state index is -4.50. The number of hydrogen-bond acceptors (Lipinski definition) is 3. The molecule has 0 radical (unpaired) electrons. The molecular formula is C30H33F4N3O. The van der Waals surface area contributed by atoms with Crippen LogP contribution in [0.25, 0.3) is 16.7 Å². The van der Waals surface area contributed by atoms with Gasteiger partial charge in [0.15, 0.2) is 0 Å². The molecule has 0 aliphatic rings. The number of halogens is 4. The number of nitrogens with zero attached hydrogens (tertiary/aromatic N) is 3. The van der Waals surface area contributed by atoms with Crippen LogP contribution in [0.2, 0.25) is 0 Å². The minimum absolute atomic E-state index is 0.0586. The first-order valence-electron chi connectivity index (χ1n) is 12.8. The highest BCUT2D eigenvalue weighted by atomic mass is 19.4. The van der Waals surface area contributed by atoms with E-state index in [-0.39, 0.29) is 33.7 Å². The van der Waals surface area contributed by atoms with E-state index in [2.05, 4.69) is 31.0 Å². The summed E-state index contributed by atoms with van der Waals surface area (Å²) in [5.74, 6) is -0.412. The van der Waals surface area contributed by atoms with Crippen molar-refractivity contribution in [2.45, 2.75) is 77.3 Å². The zero-order chi connectivity index (χ0) is 27.9. The van der Waals surface area contributed by atoms with Crippen LogP contribution in [0.15, 0.2) is 54.6 Å². The maximum absolute atomic E-state index is 13.7. The minimum Gasteiger partial charge on any atom is -0.505 e. The first kappa shape index (κ1) is 27.6. The lowest BCUT2D eigenvalue weighted by Crippen LogP contribution is -2.28. The normalized spacial score (nSPS) is 12.9. The molecule has 38 heavy (non-hydrogen) atoms. The Labute approximate surface area is 220 Å². The van der Waals surface area contributed by atoms with E-state index in [1.165, 1.54) is 23.0 Å². The van der Waals surface area contributed by atoms with Crippen molar-refractivity contribution >= 4 is 11.0 Å². The van der Waals surface area contributed by atoms with Gasteiger partial charge in [-0.3, -0.25) is 0 Å². The van der Waals surface area contributed by atoms with Crippen LogP contribution in [0.4, 0.5) is 17.6 Å². The number of aromatic hydroxyl groups is 1. The van der Waals surface area contributed by atoms with Gasteiger partial charge in [-0.2, -0.15) is 13.2 Å². The first-order chi connectivity index (χ1) is 17.8. The van der Waals surface area contributed by atoms with E-state index in [1.807, 2.05) is 19.9 Å². The summed E-state index contributed by atoms with van der Waals surface area (Å²) in [5.41, 5.74) is 1.18. The second-order valence-electron chi connectivity index (χ2n) is 11.0. The molecule has 0 spiro atoms. The van der Waals surface area contributed by atoms with Crippen molar-refractivity contribution in [3.8, 4) is 11.4 Å². The van der Waals surface area contributed by atoms with Crippen molar-refractivity contribution in [1.82, 2.24) is 15.0 Å². The Bertz CT molecular complexity index is 1440. The van der Waals surface area contributed by atoms with E-state index < -0.39 is 17.2 Å². The average Bonchev–Trinajstić information content (AvgIpc) is 3.26. The maximum atomic E-state index is 13.7. The van der Waals surface area contributed by atoms with Gasteiger partial charge in [0.05, 0.1) is 5.56 Å². The number of phenols is 1. The Balaban J connectivity index is 1.91. The standard InChI is InChI=1S/C30H33F4N3O/c1-6-7-8-17-28(2,3)22-14-16-25(27(38)26(22)29(4,5)19-9-12-21(31)13-10-19)37-35-23-15-11-20(30(32,33)34)18-24(23)36-37/h9-16,18,38H,6-8,17H2,1-5H3. The Morgan fingerprint density at radius 1 is 0.816 bits per heavy atom. The van der Waals surface area contributed by atoms with Gasteiger partial charge in [0.25, 0.3) is 0 Å². The van der Waals surface area contributed by atoms with Crippen LogP contribution in [-0.4, -0.2) is 20.1 Å². The van der Waals surface area contributed by atoms with Crippen LogP contribution in [0.5, 0.6) is 5.75 Å². The summed E-state index contributed by atoms with van der Waals surface area (Å²) in [6, 6.07) is 13.0. The molecule has 0 unspecified atom stereocenters. The Morgan fingerprint density at radius 2 is 1.45 bits per heavy atom. The van der Waals surface area contributed by atoms with Gasteiger partial charge >= 0.3 is 6.18 Å². The molecule has 202 valence electrons. The average molecular weight is 528 g/mol. The zero-order valence-corrected chi connectivity index (χ0v) is 22.3. The smallest absolute Gasteiger partial charge is 0.416 e. The number of rotatable bonds is 8. The van der Waals surface area contributed by atoms with E-state index in [1.54, 1.807) is 18.2 Å². The summed E-state index contributed by atoms with van der Waals surface area (Å²) in [5, 5.41) is 20.4. The maximum Gasteiger partial charge on any atom is 0.416 e. The van der Waals surface area contributed by atoms with Gasteiger partial charge in [0.2, 0.25) is 0 Å². The van der Waals surface area contributed by atoms with Crippen LogP contribution in [-0.2, 0) is 17.0 Å². The molecule has 0 saturated carbocycles. The molecule has 0 aliphatic carbocycles. The summed E-state index contributed by atoms with van der Waals surface area (Å²) < 4.78 is 53.4. The summed E-state index contributed by atoms with van der Waals surface area (Å²) in [4.78, 5) is 1.18. The number of alkyl halides is 3. The largest absolute Gasteiger partial charge is 0.505 e. The summed E-state index contributed by atoms with van der Waals surface area (Å²) in [6.45, 7) is 10.4. The second kappa shape index (κ2) is 10.0. The molecule has 1 N–H and O–H groups in total. The first-order valence-corrected chi connectivity index (χ1v) is 12.8. The van der Waals surface area contributed by atoms with E-state index in [4.69, 9.17) is 0 Å². The summed E-state index contributed by atoms with van der Waals surface area (Å²) in [7, 11) is 0. The van der Waals surface area contributed by atoms with Gasteiger partial charge in [-0.15, -0.1) is 15.0 Å². The van der Waals surface area contributed by atoms with Crippen molar-refractivity contribution in [3.63, 3.8) is 0 Å². The summed E-state index contributed by atoms with van der Waals surface area (Å²) >= 11 is 0. The van der Waals surface area contributed by atoms with Crippen molar-refractivity contribution in [3.05, 3.63) is 82.7 Å². The van der Waals surface area contributed by atoms with Crippen molar-refractivity contribution < 1.29 is 22.7 Å². The molecule has 3 aromatic carbocycles. The van der Waals surface area contributed by atoms with Crippen LogP contribution >= 0.6 is 0 Å². The lowest BCUT2D eigenvalue weighted by Gasteiger charge is -2.36. The third-order valence-electron chi connectivity index (χ3n) is 7.41. The van der Waals surface area contributed by atoms with Crippen LogP contribution < -0.4 is 0 Å². The fourth-order valence-corrected chi connectivity index (χ4v) is 5.10. The molecule has 0 saturated heterocycles. The molecule has 0 atom stereocenters. The van der Waals surface area contributed by atoms with Crippen LogP contribution in [0.3, 0.4) is 0 Å². The highest BCUT2D eigenvalue weighted by molar-refractivity contribution is 5.75. The molecule has 0 bridgehead atoms. The number of aromatic nitrogens is 3. The van der Waals surface area contributed by atoms with Crippen LogP contribution in [0, 0.1) is 5.82 Å². The van der Waals surface area contributed by atoms with E-state index >= 15 is 0 Å². The predicted molar refractivity (Wildman–Crippen MR) is 141 cm³/mol. The van der Waals surface area contributed by atoms with Crippen molar-refractivity contribution in [1.29, 1.82) is 0 Å². The number of fused-ring (bicyclic) bond motifs is 1. The Morgan fingerprint density at radius 3 is 2.08 bits per heavy atom. The molecule has 1 aromatic heterocycles. The van der Waals surface area contributed by atoms with Crippen molar-refractivity contribution in [2.24, 2.45) is 0 Å². The summed E-state index contributed by atoms with van der Waals surface area (Å²) in [6.07, 6.45) is -0.402. The van der Waals surface area contributed by atoms with Crippen molar-refractivity contribution in [2.75, 3.05) is 0 Å². The molecule has 0 fully saturated rings. The quantitative estimate of drug-likeness (QED) is 0.185. The second-order valence-corrected chi connectivity index (χ2v) is 11.0. The SMILES string of the molecule is CCCCCC(C)(C)c1ccc(-n2nc3ccc(C(F)(F)F)cc3n2)c(O)c1C(C)(C)c1ccc(F)cc1. The fourth-order valence-electron chi connectivity index (χ4n) is 5.10. The van der Waals surface area contributed by atoms with E-state index in [0.717, 1.165) is 48.9 Å². The van der Waals surface area contributed by atoms with Gasteiger partial charge in [-0.05, 0) is 59.4 Å². The lowest BCUT2D eigenvalue weighted by atomic mass is 9.68. The highest BCUT2D eigenvalue weighted by Crippen LogP contribution is 2.46. The highest BCUT2D eigenvalue weighted by Gasteiger charge is 2.36.